The van der Waals surface area contributed by atoms with Crippen molar-refractivity contribution in [1.82, 2.24) is 9.97 Å². The van der Waals surface area contributed by atoms with Gasteiger partial charge < -0.3 is 9.45 Å². The van der Waals surface area contributed by atoms with E-state index < -0.39 is 16.1 Å². The maximum atomic E-state index is 13.1. The van der Waals surface area contributed by atoms with Gasteiger partial charge in [-0.3, -0.25) is 0 Å². The lowest BCUT2D eigenvalue weighted by Crippen LogP contribution is -2.45. The number of anilines is 1. The van der Waals surface area contributed by atoms with Gasteiger partial charge in [0.05, 0.1) is 15.7 Å². The highest BCUT2D eigenvalue weighted by Gasteiger charge is 2.47. The highest BCUT2D eigenvalue weighted by molar-refractivity contribution is 7.91. The summed E-state index contributed by atoms with van der Waals surface area (Å²) >= 11 is 11.3. The number of aromatic nitrogens is 2. The first-order valence-electron chi connectivity index (χ1n) is 12.6. The minimum absolute atomic E-state index is 0.178. The zero-order valence-corrected chi connectivity index (χ0v) is 24.2. The largest absolute Gasteiger partial charge is 0.591 e. The van der Waals surface area contributed by atoms with E-state index in [1.165, 1.54) is 5.56 Å². The molecule has 0 radical (unpaired) electrons. The Balaban J connectivity index is 1.45. The number of nitrogens with zero attached hydrogens (tertiary/aromatic N) is 5. The number of piperidine rings is 1. The normalized spacial score (nSPS) is 18.5. The number of rotatable bonds is 3. The number of hydrogen-bond donors (Lipinski definition) is 0. The fraction of sp³-hybridized carbons (Fsp3) is 0.379. The first-order chi connectivity index (χ1) is 18.0. The lowest BCUT2D eigenvalue weighted by atomic mass is 9.74. The summed E-state index contributed by atoms with van der Waals surface area (Å²) in [6.45, 7) is 9.14. The Morgan fingerprint density at radius 1 is 1.05 bits per heavy atom. The highest BCUT2D eigenvalue weighted by atomic mass is 35.5. The molecule has 1 aliphatic carbocycles. The van der Waals surface area contributed by atoms with Crippen LogP contribution in [0.2, 0.25) is 10.0 Å². The molecule has 6 nitrogen and oxygen atoms in total. The molecule has 1 spiro atoms. The van der Waals surface area contributed by atoms with Crippen LogP contribution in [0.3, 0.4) is 0 Å². The summed E-state index contributed by atoms with van der Waals surface area (Å²) < 4.78 is 17.5. The summed E-state index contributed by atoms with van der Waals surface area (Å²) in [5.41, 5.74) is 5.34. The van der Waals surface area contributed by atoms with E-state index in [9.17, 15) is 9.81 Å². The molecule has 0 amide bonds. The molecule has 1 saturated heterocycles. The quantitative estimate of drug-likeness (QED) is 0.328. The fourth-order valence-electron chi connectivity index (χ4n) is 5.35. The van der Waals surface area contributed by atoms with Gasteiger partial charge in [-0.25, -0.2) is 9.97 Å². The summed E-state index contributed by atoms with van der Waals surface area (Å²) in [4.78, 5) is 11.6. The molecule has 0 N–H and O–H groups in total. The number of halogens is 2. The van der Waals surface area contributed by atoms with Gasteiger partial charge in [0.25, 0.3) is 0 Å². The Kier molecular flexibility index (Phi) is 7.21. The van der Waals surface area contributed by atoms with Crippen LogP contribution >= 0.6 is 23.2 Å². The number of fused-ring (bicyclic) bond motifs is 1. The van der Waals surface area contributed by atoms with Gasteiger partial charge in [0.1, 0.15) is 27.9 Å². The van der Waals surface area contributed by atoms with Crippen molar-refractivity contribution >= 4 is 46.2 Å². The molecule has 2 aromatic carbocycles. The molecule has 38 heavy (non-hydrogen) atoms. The molecule has 5 rings (SSSR count). The van der Waals surface area contributed by atoms with Gasteiger partial charge in [-0.05, 0) is 58.6 Å². The van der Waals surface area contributed by atoms with E-state index in [1.54, 1.807) is 12.1 Å². The predicted octanol–water partition coefficient (Wildman–Crippen LogP) is 6.72. The average Bonchev–Trinajstić information content (AvgIpc) is 3.17. The van der Waals surface area contributed by atoms with Gasteiger partial charge >= 0.3 is 0 Å². The standard InChI is InChI=1S/C29H29Cl2N5OS/c1-18-24(21-10-7-11-22(30)25(21)31)23(17-32)34-27(33-18)36-14-12-29(13-15-36)16-19-8-5-6-9-20(19)26(29)35-38(37)28(2,3)4/h5-11H,12-16H2,1-4H3/t38-/m1/s1. The van der Waals surface area contributed by atoms with Gasteiger partial charge in [-0.15, -0.1) is 0 Å². The zero-order chi connectivity index (χ0) is 27.2. The van der Waals surface area contributed by atoms with Gasteiger partial charge in [0.2, 0.25) is 5.95 Å². The second-order valence-electron chi connectivity index (χ2n) is 10.9. The summed E-state index contributed by atoms with van der Waals surface area (Å²) in [6.07, 6.45) is 2.54. The molecule has 2 aliphatic rings. The fourth-order valence-corrected chi connectivity index (χ4v) is 6.48. The molecule has 0 saturated carbocycles. The Morgan fingerprint density at radius 2 is 1.74 bits per heavy atom. The van der Waals surface area contributed by atoms with Crippen LogP contribution in [-0.4, -0.2) is 38.1 Å². The maximum absolute atomic E-state index is 13.1. The van der Waals surface area contributed by atoms with Gasteiger partial charge in [-0.1, -0.05) is 64.0 Å². The smallest absolute Gasteiger partial charge is 0.226 e. The van der Waals surface area contributed by atoms with Crippen LogP contribution in [0.15, 0.2) is 46.9 Å². The van der Waals surface area contributed by atoms with Crippen molar-refractivity contribution in [2.75, 3.05) is 18.0 Å². The van der Waals surface area contributed by atoms with Crippen LogP contribution in [0.4, 0.5) is 5.95 Å². The molecule has 0 bridgehead atoms. The molecule has 1 aliphatic heterocycles. The molecule has 3 aromatic rings. The van der Waals surface area contributed by atoms with E-state index in [2.05, 4.69) is 34.2 Å². The number of aryl methyl sites for hydroxylation is 1. The van der Waals surface area contributed by atoms with Crippen LogP contribution in [0, 0.1) is 23.7 Å². The summed E-state index contributed by atoms with van der Waals surface area (Å²) in [7, 11) is 0. The second kappa shape index (κ2) is 10.2. The predicted molar refractivity (Wildman–Crippen MR) is 155 cm³/mol. The molecule has 9 heteroatoms. The molecule has 0 unspecified atom stereocenters. The number of hydrogen-bond acceptors (Lipinski definition) is 6. The molecule has 2 heterocycles. The van der Waals surface area contributed by atoms with E-state index in [0.717, 1.165) is 30.5 Å². The van der Waals surface area contributed by atoms with Crippen molar-refractivity contribution in [1.29, 1.82) is 5.26 Å². The second-order valence-corrected chi connectivity index (χ2v) is 13.6. The third-order valence-electron chi connectivity index (χ3n) is 7.41. The lowest BCUT2D eigenvalue weighted by molar-refractivity contribution is 0.329. The third-order valence-corrected chi connectivity index (χ3v) is 9.63. The van der Waals surface area contributed by atoms with Crippen LogP contribution < -0.4 is 4.90 Å². The molecule has 196 valence electrons. The van der Waals surface area contributed by atoms with Crippen LogP contribution in [0.5, 0.6) is 0 Å². The van der Waals surface area contributed by atoms with Crippen molar-refractivity contribution < 1.29 is 4.55 Å². The molecule has 1 atom stereocenters. The Hall–Kier alpha value is -2.63. The highest BCUT2D eigenvalue weighted by Crippen LogP contribution is 2.46. The average molecular weight is 567 g/mol. The van der Waals surface area contributed by atoms with E-state index in [4.69, 9.17) is 32.6 Å². The minimum atomic E-state index is -1.35. The van der Waals surface area contributed by atoms with Crippen molar-refractivity contribution in [2.24, 2.45) is 9.81 Å². The topological polar surface area (TPSA) is 88.2 Å². The van der Waals surface area contributed by atoms with E-state index in [0.29, 0.717) is 45.9 Å². The van der Waals surface area contributed by atoms with Crippen molar-refractivity contribution in [2.45, 2.75) is 51.7 Å². The molecular weight excluding hydrogens is 537 g/mol. The van der Waals surface area contributed by atoms with Gasteiger partial charge in [-0.2, -0.15) is 5.26 Å². The van der Waals surface area contributed by atoms with Crippen molar-refractivity contribution in [3.63, 3.8) is 0 Å². The summed E-state index contributed by atoms with van der Waals surface area (Å²) in [5, 5.41) is 10.8. The van der Waals surface area contributed by atoms with Crippen LogP contribution in [-0.2, 0) is 17.8 Å². The van der Waals surface area contributed by atoms with Crippen molar-refractivity contribution in [3.8, 4) is 17.2 Å². The number of nitriles is 1. The zero-order valence-electron chi connectivity index (χ0n) is 21.9. The van der Waals surface area contributed by atoms with Gasteiger partial charge in [0.15, 0.2) is 5.69 Å². The third kappa shape index (κ3) is 4.80. The van der Waals surface area contributed by atoms with Crippen LogP contribution in [0.1, 0.15) is 56.1 Å². The van der Waals surface area contributed by atoms with E-state index >= 15 is 0 Å². The summed E-state index contributed by atoms with van der Waals surface area (Å²) in [5.74, 6) is 0.531. The minimum Gasteiger partial charge on any atom is -0.591 e. The molecular formula is C29H29Cl2N5OS. The Labute approximate surface area is 237 Å². The first kappa shape index (κ1) is 27.0. The Bertz CT molecular complexity index is 1470. The lowest BCUT2D eigenvalue weighted by Gasteiger charge is -2.39. The monoisotopic (exact) mass is 565 g/mol. The van der Waals surface area contributed by atoms with Gasteiger partial charge in [0, 0.05) is 35.2 Å². The Morgan fingerprint density at radius 3 is 2.42 bits per heavy atom. The maximum Gasteiger partial charge on any atom is 0.226 e. The first-order valence-corrected chi connectivity index (χ1v) is 14.5. The van der Waals surface area contributed by atoms with E-state index in [-0.39, 0.29) is 11.1 Å². The van der Waals surface area contributed by atoms with Crippen molar-refractivity contribution in [3.05, 3.63) is 75.0 Å². The molecule has 1 fully saturated rings. The SMILES string of the molecule is Cc1nc(N2CCC3(CC2)Cc2ccccc2C3=N[S@+]([O-])C(C)(C)C)nc(C#N)c1-c1cccc(Cl)c1Cl. The summed E-state index contributed by atoms with van der Waals surface area (Å²) in [6, 6.07) is 15.9. The molecule has 1 aromatic heterocycles. The van der Waals surface area contributed by atoms with E-state index in [1.807, 2.05) is 39.8 Å². The van der Waals surface area contributed by atoms with Crippen LogP contribution in [0.25, 0.3) is 11.1 Å². The number of benzene rings is 2.